The largest absolute Gasteiger partial charge is 0.465 e. The molecule has 0 aromatic rings. The third kappa shape index (κ3) is 2.59. The minimum atomic E-state index is -1.28. The maximum absolute atomic E-state index is 10.8. The number of esters is 1. The molecule has 11 heavy (non-hydrogen) atoms. The first-order chi connectivity index (χ1) is 5.20. The van der Waals surface area contributed by atoms with E-state index in [2.05, 4.69) is 0 Å². The predicted octanol–water partition coefficient (Wildman–Crippen LogP) is -0.438. The van der Waals surface area contributed by atoms with Crippen molar-refractivity contribution in [3.8, 4) is 0 Å². The minimum Gasteiger partial charge on any atom is -0.465 e. The van der Waals surface area contributed by atoms with Crippen LogP contribution in [0.1, 0.15) is 12.8 Å². The molecule has 0 aromatic carbocycles. The average molecular weight is 177 g/mol. The summed E-state index contributed by atoms with van der Waals surface area (Å²) in [5, 5.41) is 5.04. The molecule has 1 rings (SSSR count). The van der Waals surface area contributed by atoms with Gasteiger partial charge in [0, 0.05) is 5.75 Å². The van der Waals surface area contributed by atoms with E-state index in [4.69, 9.17) is 9.88 Å². The lowest BCUT2D eigenvalue weighted by Crippen LogP contribution is -2.14. The molecule has 2 N–H and O–H groups in total. The van der Waals surface area contributed by atoms with Crippen LogP contribution in [-0.2, 0) is 20.5 Å². The Morgan fingerprint density at radius 3 is 2.91 bits per heavy atom. The van der Waals surface area contributed by atoms with Crippen molar-refractivity contribution < 1.29 is 13.7 Å². The maximum atomic E-state index is 10.8. The third-order valence-corrected chi connectivity index (χ3v) is 2.35. The maximum Gasteiger partial charge on any atom is 0.309 e. The van der Waals surface area contributed by atoms with E-state index in [-0.39, 0.29) is 11.9 Å². The molecule has 64 valence electrons. The van der Waals surface area contributed by atoms with E-state index in [1.165, 1.54) is 0 Å². The van der Waals surface area contributed by atoms with E-state index < -0.39 is 11.0 Å². The second-order valence-corrected chi connectivity index (χ2v) is 3.70. The first-order valence-corrected chi connectivity index (χ1v) is 4.88. The van der Waals surface area contributed by atoms with E-state index in [9.17, 15) is 9.00 Å². The van der Waals surface area contributed by atoms with Crippen LogP contribution in [0.25, 0.3) is 0 Å². The molecule has 5 heteroatoms. The highest BCUT2D eigenvalue weighted by atomic mass is 32.2. The molecular weight excluding hydrogens is 166 g/mol. The summed E-state index contributed by atoms with van der Waals surface area (Å²) >= 11 is 0. The number of hydrogen-bond donors (Lipinski definition) is 1. The van der Waals surface area contributed by atoms with Crippen molar-refractivity contribution in [2.45, 2.75) is 12.8 Å². The summed E-state index contributed by atoms with van der Waals surface area (Å²) in [6, 6.07) is 0. The molecule has 1 aliphatic rings. The zero-order chi connectivity index (χ0) is 8.27. The van der Waals surface area contributed by atoms with E-state index in [0.29, 0.717) is 18.8 Å². The summed E-state index contributed by atoms with van der Waals surface area (Å²) < 4.78 is 15.2. The van der Waals surface area contributed by atoms with Crippen molar-refractivity contribution >= 4 is 17.0 Å². The smallest absolute Gasteiger partial charge is 0.309 e. The lowest BCUT2D eigenvalue weighted by atomic mass is 10.1. The Morgan fingerprint density at radius 2 is 2.45 bits per heavy atom. The van der Waals surface area contributed by atoms with Crippen LogP contribution in [0.5, 0.6) is 0 Å². The van der Waals surface area contributed by atoms with Gasteiger partial charge in [-0.25, -0.2) is 4.21 Å². The van der Waals surface area contributed by atoms with Gasteiger partial charge in [0.25, 0.3) is 0 Å². The highest BCUT2D eigenvalue weighted by Crippen LogP contribution is 2.17. The molecule has 2 atom stereocenters. The monoisotopic (exact) mass is 177 g/mol. The first kappa shape index (κ1) is 8.67. The van der Waals surface area contributed by atoms with Crippen LogP contribution in [0.4, 0.5) is 0 Å². The van der Waals surface area contributed by atoms with Crippen molar-refractivity contribution in [1.29, 1.82) is 0 Å². The van der Waals surface area contributed by atoms with Gasteiger partial charge in [-0.1, -0.05) is 0 Å². The number of cyclic esters (lactones) is 1. The van der Waals surface area contributed by atoms with Crippen LogP contribution < -0.4 is 5.14 Å². The fourth-order valence-electron chi connectivity index (χ4n) is 1.06. The van der Waals surface area contributed by atoms with Crippen LogP contribution in [0.2, 0.25) is 0 Å². The molecule has 1 saturated heterocycles. The molecule has 0 amide bonds. The van der Waals surface area contributed by atoms with Crippen LogP contribution in [0, 0.1) is 5.92 Å². The second-order valence-electron chi connectivity index (χ2n) is 2.53. The quantitative estimate of drug-likeness (QED) is 0.594. The Kier molecular flexibility index (Phi) is 3.02. The van der Waals surface area contributed by atoms with E-state index in [0.717, 1.165) is 6.42 Å². The molecule has 0 spiro atoms. The summed E-state index contributed by atoms with van der Waals surface area (Å²) in [6.07, 6.45) is 1.33. The van der Waals surface area contributed by atoms with E-state index >= 15 is 0 Å². The molecule has 0 bridgehead atoms. The summed E-state index contributed by atoms with van der Waals surface area (Å²) in [5.74, 6) is 0.151. The summed E-state index contributed by atoms with van der Waals surface area (Å²) in [6.45, 7) is 0.501. The second kappa shape index (κ2) is 3.82. The van der Waals surface area contributed by atoms with Gasteiger partial charge in [0.1, 0.15) is 0 Å². The van der Waals surface area contributed by atoms with Crippen molar-refractivity contribution in [3.05, 3.63) is 0 Å². The molecule has 0 aliphatic carbocycles. The van der Waals surface area contributed by atoms with Crippen molar-refractivity contribution in [3.63, 3.8) is 0 Å². The summed E-state index contributed by atoms with van der Waals surface area (Å²) in [5.41, 5.74) is 0. The van der Waals surface area contributed by atoms with Gasteiger partial charge in [0.15, 0.2) is 0 Å². The number of nitrogens with two attached hydrogens (primary N) is 1. The van der Waals surface area contributed by atoms with E-state index in [1.54, 1.807) is 0 Å². The molecule has 0 saturated carbocycles. The zero-order valence-electron chi connectivity index (χ0n) is 6.12. The zero-order valence-corrected chi connectivity index (χ0v) is 6.93. The molecule has 2 unspecified atom stereocenters. The Labute approximate surface area is 67.7 Å². The topological polar surface area (TPSA) is 69.4 Å². The highest BCUT2D eigenvalue weighted by Gasteiger charge is 2.25. The van der Waals surface area contributed by atoms with Crippen LogP contribution in [-0.4, -0.2) is 22.5 Å². The molecule has 1 fully saturated rings. The number of rotatable bonds is 3. The number of ether oxygens (including phenoxy) is 1. The van der Waals surface area contributed by atoms with Crippen molar-refractivity contribution in [2.24, 2.45) is 11.1 Å². The van der Waals surface area contributed by atoms with Gasteiger partial charge in [-0.3, -0.25) is 9.93 Å². The Bertz CT molecular complexity index is 183. The number of carbonyl (C=O) groups excluding carboxylic acids is 1. The fraction of sp³-hybridized carbons (Fsp3) is 0.833. The van der Waals surface area contributed by atoms with Gasteiger partial charge >= 0.3 is 5.97 Å². The average Bonchev–Trinajstić information content (AvgIpc) is 2.31. The fourth-order valence-corrected chi connectivity index (χ4v) is 1.57. The Morgan fingerprint density at radius 1 is 1.73 bits per heavy atom. The van der Waals surface area contributed by atoms with Crippen LogP contribution >= 0.6 is 0 Å². The van der Waals surface area contributed by atoms with Gasteiger partial charge in [0.2, 0.25) is 0 Å². The molecule has 1 aliphatic heterocycles. The SMILES string of the molecule is NS(=O)CCC1CCOC1=O. The van der Waals surface area contributed by atoms with Gasteiger partial charge in [-0.15, -0.1) is 0 Å². The minimum absolute atomic E-state index is 0.0671. The predicted molar refractivity (Wildman–Crippen MR) is 40.9 cm³/mol. The number of hydrogen-bond acceptors (Lipinski definition) is 3. The third-order valence-electron chi connectivity index (χ3n) is 1.71. The van der Waals surface area contributed by atoms with Gasteiger partial charge < -0.3 is 4.74 Å². The van der Waals surface area contributed by atoms with Gasteiger partial charge in [-0.2, -0.15) is 0 Å². The van der Waals surface area contributed by atoms with Crippen LogP contribution in [0.15, 0.2) is 0 Å². The molecular formula is C6H11NO3S. The van der Waals surface area contributed by atoms with Gasteiger partial charge in [0.05, 0.1) is 23.5 Å². The lowest BCUT2D eigenvalue weighted by molar-refractivity contribution is -0.141. The van der Waals surface area contributed by atoms with Crippen LogP contribution in [0.3, 0.4) is 0 Å². The Hall–Kier alpha value is -0.420. The highest BCUT2D eigenvalue weighted by molar-refractivity contribution is 7.82. The molecule has 1 heterocycles. The normalized spacial score (nSPS) is 26.6. The summed E-state index contributed by atoms with van der Waals surface area (Å²) in [7, 11) is -1.28. The van der Waals surface area contributed by atoms with Gasteiger partial charge in [-0.05, 0) is 12.8 Å². The molecule has 4 nitrogen and oxygen atoms in total. The van der Waals surface area contributed by atoms with Crippen molar-refractivity contribution in [1.82, 2.24) is 0 Å². The van der Waals surface area contributed by atoms with E-state index in [1.807, 2.05) is 0 Å². The Balaban J connectivity index is 2.26. The molecule has 0 radical (unpaired) electrons. The number of carbonyl (C=O) groups is 1. The molecule has 0 aromatic heterocycles. The first-order valence-electron chi connectivity index (χ1n) is 3.49. The summed E-state index contributed by atoms with van der Waals surface area (Å²) in [4.78, 5) is 10.8. The lowest BCUT2D eigenvalue weighted by Gasteiger charge is -2.01. The standard InChI is InChI=1S/C6H11NO3S/c7-11(9)4-2-5-1-3-10-6(5)8/h5H,1-4,7H2. The van der Waals surface area contributed by atoms with Crippen molar-refractivity contribution in [2.75, 3.05) is 12.4 Å².